The van der Waals surface area contributed by atoms with Crippen molar-refractivity contribution < 1.29 is 9.53 Å². The number of carbonyl (C=O) groups is 1. The van der Waals surface area contributed by atoms with Gasteiger partial charge in [0.15, 0.2) is 0 Å². The summed E-state index contributed by atoms with van der Waals surface area (Å²) in [6.07, 6.45) is 3.07. The lowest BCUT2D eigenvalue weighted by Crippen LogP contribution is -2.41. The van der Waals surface area contributed by atoms with Crippen molar-refractivity contribution in [2.24, 2.45) is 0 Å². The number of carbonyl (C=O) groups excluding carboxylic acids is 1. The molecule has 0 saturated carbocycles. The number of aromatic nitrogens is 1. The fraction of sp³-hybridized carbons (Fsp3) is 0.357. The van der Waals surface area contributed by atoms with E-state index < -0.39 is 0 Å². The summed E-state index contributed by atoms with van der Waals surface area (Å²) < 4.78 is 5.54. The minimum absolute atomic E-state index is 0.128. The number of benzene rings is 1. The highest BCUT2D eigenvalue weighted by molar-refractivity contribution is 6.06. The van der Waals surface area contributed by atoms with Crippen LogP contribution < -0.4 is 0 Å². The zero-order valence-electron chi connectivity index (χ0n) is 9.93. The van der Waals surface area contributed by atoms with Gasteiger partial charge in [-0.05, 0) is 12.5 Å². The number of H-pyrrole nitrogens is 1. The second-order valence-corrected chi connectivity index (χ2v) is 5.05. The molecule has 4 rings (SSSR count). The maximum absolute atomic E-state index is 12.6. The summed E-state index contributed by atoms with van der Waals surface area (Å²) in [6.45, 7) is 1.43. The van der Waals surface area contributed by atoms with Gasteiger partial charge in [-0.2, -0.15) is 0 Å². The van der Waals surface area contributed by atoms with Gasteiger partial charge >= 0.3 is 0 Å². The number of likely N-dealkylation sites (tertiary alicyclic amines) is 1. The Morgan fingerprint density at radius 1 is 1.39 bits per heavy atom. The number of para-hydroxylation sites is 1. The topological polar surface area (TPSA) is 45.3 Å². The van der Waals surface area contributed by atoms with Crippen LogP contribution in [0.2, 0.25) is 0 Å². The third kappa shape index (κ3) is 1.32. The second-order valence-electron chi connectivity index (χ2n) is 5.05. The standard InChI is InChI=1S/C14H14N2O2/c17-14(16-7-10-5-9(16)8-18-10)12-6-15-13-4-2-1-3-11(12)13/h1-4,6,9-10,15H,5,7-8H2. The molecule has 18 heavy (non-hydrogen) atoms. The lowest BCUT2D eigenvalue weighted by Gasteiger charge is -2.26. The highest BCUT2D eigenvalue weighted by Gasteiger charge is 2.41. The van der Waals surface area contributed by atoms with Gasteiger partial charge in [0.05, 0.1) is 24.3 Å². The summed E-state index contributed by atoms with van der Waals surface area (Å²) >= 11 is 0. The van der Waals surface area contributed by atoms with Crippen LogP contribution in [0.5, 0.6) is 0 Å². The molecule has 0 radical (unpaired) electrons. The van der Waals surface area contributed by atoms with Crippen LogP contribution in [0.15, 0.2) is 30.5 Å². The zero-order valence-corrected chi connectivity index (χ0v) is 9.93. The molecule has 2 saturated heterocycles. The second kappa shape index (κ2) is 3.59. The number of aromatic amines is 1. The SMILES string of the molecule is O=C(c1c[nH]c2ccccc12)N1CC2CC1CO2. The van der Waals surface area contributed by atoms with E-state index in [1.54, 1.807) is 0 Å². The fourth-order valence-electron chi connectivity index (χ4n) is 3.05. The molecule has 2 atom stereocenters. The van der Waals surface area contributed by atoms with E-state index in [1.165, 1.54) is 0 Å². The summed E-state index contributed by atoms with van der Waals surface area (Å²) in [5.41, 5.74) is 1.79. The average Bonchev–Trinajstić information content (AvgIpc) is 3.12. The Morgan fingerprint density at radius 3 is 3.06 bits per heavy atom. The third-order valence-electron chi connectivity index (χ3n) is 3.98. The first-order valence-corrected chi connectivity index (χ1v) is 6.31. The lowest BCUT2D eigenvalue weighted by atomic mass is 10.1. The van der Waals surface area contributed by atoms with E-state index in [0.717, 1.165) is 29.4 Å². The molecule has 2 aliphatic rings. The highest BCUT2D eigenvalue weighted by Crippen LogP contribution is 2.30. The van der Waals surface area contributed by atoms with E-state index in [-0.39, 0.29) is 18.1 Å². The van der Waals surface area contributed by atoms with Gasteiger partial charge in [-0.3, -0.25) is 4.79 Å². The summed E-state index contributed by atoms with van der Waals surface area (Å²) in [5.74, 6) is 0.128. The number of nitrogens with one attached hydrogen (secondary N) is 1. The van der Waals surface area contributed by atoms with Crippen LogP contribution in [0.1, 0.15) is 16.8 Å². The van der Waals surface area contributed by atoms with Crippen molar-refractivity contribution in [2.75, 3.05) is 13.2 Å². The third-order valence-corrected chi connectivity index (χ3v) is 3.98. The van der Waals surface area contributed by atoms with E-state index in [1.807, 2.05) is 35.4 Å². The Labute approximate surface area is 105 Å². The molecule has 2 aliphatic heterocycles. The minimum atomic E-state index is 0.128. The average molecular weight is 242 g/mol. The molecule has 2 fully saturated rings. The van der Waals surface area contributed by atoms with Crippen molar-refractivity contribution >= 4 is 16.8 Å². The van der Waals surface area contributed by atoms with E-state index >= 15 is 0 Å². The molecule has 1 amide bonds. The van der Waals surface area contributed by atoms with E-state index in [2.05, 4.69) is 4.98 Å². The van der Waals surface area contributed by atoms with E-state index in [4.69, 9.17) is 4.74 Å². The van der Waals surface area contributed by atoms with Gasteiger partial charge in [0, 0.05) is 23.6 Å². The van der Waals surface area contributed by atoms with Crippen molar-refractivity contribution in [3.63, 3.8) is 0 Å². The number of hydrogen-bond acceptors (Lipinski definition) is 2. The molecule has 2 bridgehead atoms. The Morgan fingerprint density at radius 2 is 2.28 bits per heavy atom. The van der Waals surface area contributed by atoms with E-state index in [9.17, 15) is 4.79 Å². The maximum atomic E-state index is 12.6. The molecular weight excluding hydrogens is 228 g/mol. The van der Waals surface area contributed by atoms with Gasteiger partial charge < -0.3 is 14.6 Å². The lowest BCUT2D eigenvalue weighted by molar-refractivity contribution is 0.0260. The Hall–Kier alpha value is -1.81. The smallest absolute Gasteiger partial charge is 0.256 e. The van der Waals surface area contributed by atoms with Crippen LogP contribution in [0.3, 0.4) is 0 Å². The molecular formula is C14H14N2O2. The summed E-state index contributed by atoms with van der Waals surface area (Å²) in [7, 11) is 0. The van der Waals surface area contributed by atoms with E-state index in [0.29, 0.717) is 6.61 Å². The molecule has 92 valence electrons. The summed E-state index contributed by atoms with van der Waals surface area (Å²) in [6, 6.07) is 8.19. The van der Waals surface area contributed by atoms with Crippen LogP contribution in [0.4, 0.5) is 0 Å². The predicted octanol–water partition coefficient (Wildman–Crippen LogP) is 1.78. The first-order chi connectivity index (χ1) is 8.83. The molecule has 4 heteroatoms. The van der Waals surface area contributed by atoms with Gasteiger partial charge in [0.1, 0.15) is 0 Å². The van der Waals surface area contributed by atoms with Crippen LogP contribution in [-0.2, 0) is 4.74 Å². The number of rotatable bonds is 1. The number of hydrogen-bond donors (Lipinski definition) is 1. The van der Waals surface area contributed by atoms with Crippen molar-refractivity contribution in [1.82, 2.24) is 9.88 Å². The number of morpholine rings is 1. The normalized spacial score (nSPS) is 26.1. The first-order valence-electron chi connectivity index (χ1n) is 6.31. The van der Waals surface area contributed by atoms with Gasteiger partial charge in [-0.1, -0.05) is 18.2 Å². The Bertz CT molecular complexity index is 619. The van der Waals surface area contributed by atoms with Gasteiger partial charge in [-0.15, -0.1) is 0 Å². The molecule has 1 aromatic heterocycles. The fourth-order valence-corrected chi connectivity index (χ4v) is 3.05. The molecule has 2 aromatic rings. The molecule has 0 spiro atoms. The summed E-state index contributed by atoms with van der Waals surface area (Å²) in [4.78, 5) is 17.7. The molecule has 0 aliphatic carbocycles. The first kappa shape index (κ1) is 10.1. The largest absolute Gasteiger partial charge is 0.374 e. The molecule has 2 unspecified atom stereocenters. The van der Waals surface area contributed by atoms with Gasteiger partial charge in [-0.25, -0.2) is 0 Å². The van der Waals surface area contributed by atoms with Gasteiger partial charge in [0.25, 0.3) is 5.91 Å². The number of amides is 1. The number of nitrogens with zero attached hydrogens (tertiary/aromatic N) is 1. The van der Waals surface area contributed by atoms with Crippen molar-refractivity contribution in [3.05, 3.63) is 36.0 Å². The maximum Gasteiger partial charge on any atom is 0.256 e. The van der Waals surface area contributed by atoms with Crippen molar-refractivity contribution in [2.45, 2.75) is 18.6 Å². The number of ether oxygens (including phenoxy) is 1. The predicted molar refractivity (Wildman–Crippen MR) is 67.5 cm³/mol. The molecule has 3 heterocycles. The highest BCUT2D eigenvalue weighted by atomic mass is 16.5. The van der Waals surface area contributed by atoms with Crippen LogP contribution in [0, 0.1) is 0 Å². The van der Waals surface area contributed by atoms with Gasteiger partial charge in [0.2, 0.25) is 0 Å². The van der Waals surface area contributed by atoms with Crippen molar-refractivity contribution in [1.29, 1.82) is 0 Å². The monoisotopic (exact) mass is 242 g/mol. The zero-order chi connectivity index (χ0) is 12.1. The van der Waals surface area contributed by atoms with Crippen LogP contribution >= 0.6 is 0 Å². The number of fused-ring (bicyclic) bond motifs is 3. The Kier molecular flexibility index (Phi) is 2.02. The quantitative estimate of drug-likeness (QED) is 0.828. The molecule has 4 nitrogen and oxygen atoms in total. The molecule has 1 N–H and O–H groups in total. The van der Waals surface area contributed by atoms with Crippen LogP contribution in [0.25, 0.3) is 10.9 Å². The van der Waals surface area contributed by atoms with Crippen molar-refractivity contribution in [3.8, 4) is 0 Å². The van der Waals surface area contributed by atoms with Crippen LogP contribution in [-0.4, -0.2) is 41.1 Å². The minimum Gasteiger partial charge on any atom is -0.374 e. The summed E-state index contributed by atoms with van der Waals surface area (Å²) in [5, 5.41) is 1.01. The Balaban J connectivity index is 1.72. The molecule has 1 aromatic carbocycles.